The maximum Gasteiger partial charge on any atom is 0.255 e. The third-order valence-electron chi connectivity index (χ3n) is 2.35. The van der Waals surface area contributed by atoms with E-state index in [1.165, 1.54) is 11.3 Å². The van der Waals surface area contributed by atoms with Crippen LogP contribution in [-0.2, 0) is 0 Å². The van der Waals surface area contributed by atoms with E-state index >= 15 is 0 Å². The molecule has 0 aliphatic rings. The van der Waals surface area contributed by atoms with E-state index < -0.39 is 0 Å². The zero-order valence-corrected chi connectivity index (χ0v) is 15.2. The fourth-order valence-electron chi connectivity index (χ4n) is 1.78. The topological polar surface area (TPSA) is 20.3 Å². The van der Waals surface area contributed by atoms with Crippen LogP contribution < -0.4 is 0 Å². The minimum Gasteiger partial charge on any atom is -0.338 e. The van der Waals surface area contributed by atoms with Crippen molar-refractivity contribution in [3.63, 3.8) is 0 Å². The number of hydrogen-bond donors (Lipinski definition) is 0. The van der Waals surface area contributed by atoms with Gasteiger partial charge in [0.15, 0.2) is 0 Å². The van der Waals surface area contributed by atoms with Crippen LogP contribution >= 0.6 is 43.2 Å². The van der Waals surface area contributed by atoms with Crippen LogP contribution in [0.3, 0.4) is 0 Å². The zero-order valence-electron chi connectivity index (χ0n) is 11.2. The second kappa shape index (κ2) is 7.06. The zero-order chi connectivity index (χ0) is 13.9. The van der Waals surface area contributed by atoms with Crippen molar-refractivity contribution in [3.8, 4) is 0 Å². The van der Waals surface area contributed by atoms with Crippen LogP contribution in [0.5, 0.6) is 0 Å². The molecule has 1 aromatic heterocycles. The second-order valence-corrected chi connectivity index (χ2v) is 8.99. The van der Waals surface area contributed by atoms with E-state index in [0.717, 1.165) is 26.2 Å². The molecule has 1 aromatic rings. The maximum absolute atomic E-state index is 12.5. The van der Waals surface area contributed by atoms with Gasteiger partial charge < -0.3 is 4.90 Å². The van der Waals surface area contributed by atoms with Gasteiger partial charge in [0.2, 0.25) is 0 Å². The monoisotopic (exact) mass is 395 g/mol. The lowest BCUT2D eigenvalue weighted by molar-refractivity contribution is 0.0715. The predicted octanol–water partition coefficient (Wildman–Crippen LogP) is 5.03. The summed E-state index contributed by atoms with van der Waals surface area (Å²) in [6.45, 7) is 10.2. The molecule has 0 atom stereocenters. The van der Waals surface area contributed by atoms with Crippen molar-refractivity contribution >= 4 is 49.1 Å². The van der Waals surface area contributed by atoms with Gasteiger partial charge in [-0.15, -0.1) is 11.3 Å². The molecule has 0 N–H and O–H groups in total. The first-order valence-corrected chi connectivity index (χ1v) is 8.45. The highest BCUT2D eigenvalue weighted by Crippen LogP contribution is 2.32. The Bertz CT molecular complexity index is 405. The van der Waals surface area contributed by atoms with Crippen LogP contribution in [0.1, 0.15) is 38.1 Å². The van der Waals surface area contributed by atoms with Crippen LogP contribution in [0, 0.1) is 11.8 Å². The van der Waals surface area contributed by atoms with E-state index in [-0.39, 0.29) is 5.91 Å². The molecule has 1 heterocycles. The number of nitrogens with zero attached hydrogens (tertiary/aromatic N) is 1. The van der Waals surface area contributed by atoms with Crippen molar-refractivity contribution in [2.24, 2.45) is 11.8 Å². The number of carbonyl (C=O) groups excluding carboxylic acids is 1. The van der Waals surface area contributed by atoms with E-state index in [1.54, 1.807) is 0 Å². The van der Waals surface area contributed by atoms with E-state index in [0.29, 0.717) is 11.8 Å². The molecule has 0 saturated heterocycles. The Morgan fingerprint density at radius 2 is 1.72 bits per heavy atom. The van der Waals surface area contributed by atoms with Gasteiger partial charge in [0.05, 0.1) is 13.1 Å². The summed E-state index contributed by atoms with van der Waals surface area (Å²) in [4.78, 5) is 14.5. The summed E-state index contributed by atoms with van der Waals surface area (Å²) < 4.78 is 1.88. The number of amides is 1. The smallest absolute Gasteiger partial charge is 0.255 e. The van der Waals surface area contributed by atoms with Gasteiger partial charge in [-0.2, -0.15) is 0 Å². The lowest BCUT2D eigenvalue weighted by Crippen LogP contribution is -2.36. The summed E-state index contributed by atoms with van der Waals surface area (Å²) in [5.41, 5.74) is 0.758. The summed E-state index contributed by atoms with van der Waals surface area (Å²) in [6.07, 6.45) is 0. The minimum absolute atomic E-state index is 0.117. The number of hydrogen-bond acceptors (Lipinski definition) is 2. The van der Waals surface area contributed by atoms with Crippen LogP contribution in [0.15, 0.2) is 13.6 Å². The van der Waals surface area contributed by atoms with Gasteiger partial charge in [-0.05, 0) is 49.8 Å². The van der Waals surface area contributed by atoms with Gasteiger partial charge in [-0.3, -0.25) is 4.79 Å². The maximum atomic E-state index is 12.5. The molecule has 1 rings (SSSR count). The highest BCUT2D eigenvalue weighted by Gasteiger charge is 2.21. The summed E-state index contributed by atoms with van der Waals surface area (Å²) >= 11 is 8.42. The highest BCUT2D eigenvalue weighted by molar-refractivity contribution is 9.12. The SMILES string of the molecule is CC(C)CN(CC(C)C)C(=O)c1cc(Br)sc1Br. The van der Waals surface area contributed by atoms with Crippen LogP contribution in [0.4, 0.5) is 0 Å². The Morgan fingerprint density at radius 3 is 2.06 bits per heavy atom. The highest BCUT2D eigenvalue weighted by atomic mass is 79.9. The molecule has 1 amide bonds. The van der Waals surface area contributed by atoms with Crippen molar-refractivity contribution in [2.45, 2.75) is 27.7 Å². The average Bonchev–Trinajstić information content (AvgIpc) is 2.54. The van der Waals surface area contributed by atoms with Gasteiger partial charge in [-0.25, -0.2) is 0 Å². The van der Waals surface area contributed by atoms with Crippen LogP contribution in [-0.4, -0.2) is 23.9 Å². The molecule has 0 aliphatic carbocycles. The summed E-state index contributed by atoms with van der Waals surface area (Å²) in [6, 6.07) is 1.89. The average molecular weight is 397 g/mol. The standard InChI is InChI=1S/C13H19Br2NOS/c1-8(2)6-16(7-9(3)4)13(17)10-5-11(14)18-12(10)15/h5,8-9H,6-7H2,1-4H3. The van der Waals surface area contributed by atoms with Crippen molar-refractivity contribution in [1.29, 1.82) is 0 Å². The molecule has 0 bridgehead atoms. The first kappa shape index (κ1) is 16.2. The molecule has 0 saturated carbocycles. The molecule has 18 heavy (non-hydrogen) atoms. The molecule has 0 radical (unpaired) electrons. The van der Waals surface area contributed by atoms with Crippen molar-refractivity contribution in [2.75, 3.05) is 13.1 Å². The van der Waals surface area contributed by atoms with Gasteiger partial charge in [0.25, 0.3) is 5.91 Å². The van der Waals surface area contributed by atoms with E-state index in [4.69, 9.17) is 0 Å². The Labute approximate surface area is 130 Å². The molecule has 2 nitrogen and oxygen atoms in total. The van der Waals surface area contributed by atoms with E-state index in [1.807, 2.05) is 11.0 Å². The molecule has 0 spiro atoms. The second-order valence-electron chi connectivity index (χ2n) is 5.24. The minimum atomic E-state index is 0.117. The Balaban J connectivity index is 2.91. The van der Waals surface area contributed by atoms with E-state index in [2.05, 4.69) is 59.6 Å². The Hall–Kier alpha value is 0.130. The molecule has 0 unspecified atom stereocenters. The molecule has 0 aliphatic heterocycles. The van der Waals surface area contributed by atoms with Gasteiger partial charge >= 0.3 is 0 Å². The summed E-state index contributed by atoms with van der Waals surface area (Å²) in [5, 5.41) is 0. The largest absolute Gasteiger partial charge is 0.338 e. The Kier molecular flexibility index (Phi) is 6.35. The molecular formula is C13H19Br2NOS. The molecular weight excluding hydrogens is 378 g/mol. The van der Waals surface area contributed by atoms with Crippen LogP contribution in [0.2, 0.25) is 0 Å². The number of thiophene rings is 1. The first-order chi connectivity index (χ1) is 8.31. The third kappa shape index (κ3) is 4.67. The van der Waals surface area contributed by atoms with Crippen molar-refractivity contribution < 1.29 is 4.79 Å². The van der Waals surface area contributed by atoms with E-state index in [9.17, 15) is 4.79 Å². The molecule has 0 fully saturated rings. The summed E-state index contributed by atoms with van der Waals surface area (Å²) in [7, 11) is 0. The van der Waals surface area contributed by atoms with Gasteiger partial charge in [0.1, 0.15) is 0 Å². The summed E-state index contributed by atoms with van der Waals surface area (Å²) in [5.74, 6) is 1.08. The van der Waals surface area contributed by atoms with Gasteiger partial charge in [-0.1, -0.05) is 27.7 Å². The number of carbonyl (C=O) groups is 1. The van der Waals surface area contributed by atoms with Gasteiger partial charge in [0, 0.05) is 13.1 Å². The number of halogens is 2. The van der Waals surface area contributed by atoms with Crippen LogP contribution in [0.25, 0.3) is 0 Å². The molecule has 102 valence electrons. The van der Waals surface area contributed by atoms with Crippen molar-refractivity contribution in [1.82, 2.24) is 4.90 Å². The van der Waals surface area contributed by atoms with Crippen molar-refractivity contribution in [3.05, 3.63) is 19.2 Å². The normalized spacial score (nSPS) is 11.3. The third-order valence-corrected chi connectivity index (χ3v) is 4.68. The first-order valence-electron chi connectivity index (χ1n) is 6.05. The fourth-order valence-corrected chi connectivity index (χ4v) is 4.56. The molecule has 5 heteroatoms. The fraction of sp³-hybridized carbons (Fsp3) is 0.615. The lowest BCUT2D eigenvalue weighted by Gasteiger charge is -2.26. The Morgan fingerprint density at radius 1 is 1.22 bits per heavy atom. The number of rotatable bonds is 5. The predicted molar refractivity (Wildman–Crippen MR) is 85.3 cm³/mol. The molecule has 0 aromatic carbocycles. The lowest BCUT2D eigenvalue weighted by atomic mass is 10.1. The quantitative estimate of drug-likeness (QED) is 0.683.